The molecule has 0 spiro atoms. The third-order valence-electron chi connectivity index (χ3n) is 1.95. The van der Waals surface area contributed by atoms with E-state index in [2.05, 4.69) is 20.3 Å². The maximum Gasteiger partial charge on any atom is 0.253 e. The van der Waals surface area contributed by atoms with Gasteiger partial charge in [-0.3, -0.25) is 9.59 Å². The number of thiazole rings is 1. The van der Waals surface area contributed by atoms with Crippen LogP contribution in [0.4, 0.5) is 10.9 Å². The van der Waals surface area contributed by atoms with Gasteiger partial charge in [0.25, 0.3) is 5.56 Å². The lowest BCUT2D eigenvalue weighted by atomic mass is 10.6. The molecule has 0 saturated heterocycles. The highest BCUT2D eigenvalue weighted by molar-refractivity contribution is 7.99. The van der Waals surface area contributed by atoms with Crippen LogP contribution in [0.5, 0.6) is 0 Å². The number of nitrogens with one attached hydrogen (secondary N) is 2. The molecule has 7 nitrogen and oxygen atoms in total. The number of hydrogen-bond donors (Lipinski definition) is 3. The van der Waals surface area contributed by atoms with Gasteiger partial charge in [-0.05, 0) is 6.92 Å². The van der Waals surface area contributed by atoms with Gasteiger partial charge in [0.15, 0.2) is 10.3 Å². The average Bonchev–Trinajstić information content (AvgIpc) is 2.71. The number of nitrogens with two attached hydrogens (primary N) is 1. The number of thioether (sulfide) groups is 1. The second kappa shape index (κ2) is 5.85. The number of aryl methyl sites for hydroxylation is 1. The Morgan fingerprint density at radius 2 is 2.37 bits per heavy atom. The monoisotopic (exact) mass is 297 g/mol. The number of carbonyl (C=O) groups excluding carboxylic acids is 1. The van der Waals surface area contributed by atoms with E-state index in [9.17, 15) is 9.59 Å². The Labute approximate surface area is 116 Å². The lowest BCUT2D eigenvalue weighted by Gasteiger charge is -2.02. The second-order valence-electron chi connectivity index (χ2n) is 3.61. The number of rotatable bonds is 4. The highest BCUT2D eigenvalue weighted by Gasteiger charge is 2.07. The summed E-state index contributed by atoms with van der Waals surface area (Å²) in [7, 11) is 0. The van der Waals surface area contributed by atoms with Gasteiger partial charge in [0, 0.05) is 11.4 Å². The maximum atomic E-state index is 11.6. The van der Waals surface area contributed by atoms with Crippen molar-refractivity contribution >= 4 is 40.0 Å². The van der Waals surface area contributed by atoms with Crippen molar-refractivity contribution in [1.29, 1.82) is 0 Å². The number of amides is 1. The number of hydrogen-bond acceptors (Lipinski definition) is 7. The van der Waals surface area contributed by atoms with Crippen LogP contribution in [-0.2, 0) is 4.79 Å². The van der Waals surface area contributed by atoms with Gasteiger partial charge < -0.3 is 16.0 Å². The lowest BCUT2D eigenvalue weighted by Crippen LogP contribution is -2.15. The van der Waals surface area contributed by atoms with Crippen molar-refractivity contribution in [3.05, 3.63) is 27.5 Å². The van der Waals surface area contributed by atoms with Crippen LogP contribution in [0.25, 0.3) is 0 Å². The van der Waals surface area contributed by atoms with Crippen molar-refractivity contribution < 1.29 is 4.79 Å². The predicted molar refractivity (Wildman–Crippen MR) is 75.5 cm³/mol. The molecule has 2 rings (SSSR count). The molecule has 0 aliphatic carbocycles. The summed E-state index contributed by atoms with van der Waals surface area (Å²) in [6.07, 6.45) is 0. The number of nitrogen functional groups attached to an aromatic ring is 1. The van der Waals surface area contributed by atoms with Gasteiger partial charge in [-0.25, -0.2) is 9.97 Å². The molecular formula is C10H11N5O2S2. The molecule has 9 heteroatoms. The van der Waals surface area contributed by atoms with E-state index >= 15 is 0 Å². The SMILES string of the molecule is Cc1csc(NC(=O)CSc2nc(N)cc(=O)[nH]2)n1. The van der Waals surface area contributed by atoms with Gasteiger partial charge in [-0.2, -0.15) is 0 Å². The third kappa shape index (κ3) is 4.07. The molecule has 1 amide bonds. The molecule has 0 atom stereocenters. The zero-order chi connectivity index (χ0) is 13.8. The van der Waals surface area contributed by atoms with E-state index in [-0.39, 0.29) is 23.0 Å². The molecule has 4 N–H and O–H groups in total. The van der Waals surface area contributed by atoms with E-state index in [1.807, 2.05) is 12.3 Å². The van der Waals surface area contributed by atoms with Crippen LogP contribution in [0.3, 0.4) is 0 Å². The Kier molecular flexibility index (Phi) is 4.17. The van der Waals surface area contributed by atoms with Crippen LogP contribution >= 0.6 is 23.1 Å². The van der Waals surface area contributed by atoms with Crippen molar-refractivity contribution in [2.45, 2.75) is 12.1 Å². The Balaban J connectivity index is 1.91. The fourth-order valence-electron chi connectivity index (χ4n) is 1.22. The number of aromatic nitrogens is 3. The quantitative estimate of drug-likeness (QED) is 0.569. The maximum absolute atomic E-state index is 11.6. The van der Waals surface area contributed by atoms with Gasteiger partial charge in [0.2, 0.25) is 5.91 Å². The summed E-state index contributed by atoms with van der Waals surface area (Å²) in [5.74, 6) is 0.0250. The molecule has 19 heavy (non-hydrogen) atoms. The normalized spacial score (nSPS) is 10.4. The number of nitrogens with zero attached hydrogens (tertiary/aromatic N) is 2. The second-order valence-corrected chi connectivity index (χ2v) is 5.43. The summed E-state index contributed by atoms with van der Waals surface area (Å²) < 4.78 is 0. The topological polar surface area (TPSA) is 114 Å². The Morgan fingerprint density at radius 1 is 1.58 bits per heavy atom. The molecule has 2 aromatic heterocycles. The van der Waals surface area contributed by atoms with Gasteiger partial charge >= 0.3 is 0 Å². The molecule has 2 aromatic rings. The first-order valence-electron chi connectivity index (χ1n) is 5.24. The Morgan fingerprint density at radius 3 is 3.00 bits per heavy atom. The highest BCUT2D eigenvalue weighted by Crippen LogP contribution is 2.16. The molecule has 0 saturated carbocycles. The van der Waals surface area contributed by atoms with Crippen LogP contribution in [-0.4, -0.2) is 26.6 Å². The minimum atomic E-state index is -0.342. The number of H-pyrrole nitrogens is 1. The molecule has 0 fully saturated rings. The smallest absolute Gasteiger partial charge is 0.253 e. The largest absolute Gasteiger partial charge is 0.383 e. The van der Waals surface area contributed by atoms with E-state index in [0.717, 1.165) is 17.5 Å². The average molecular weight is 297 g/mol. The van der Waals surface area contributed by atoms with Gasteiger partial charge in [-0.15, -0.1) is 11.3 Å². The number of aromatic amines is 1. The molecule has 0 aliphatic rings. The van der Waals surface area contributed by atoms with Crippen LogP contribution in [0.15, 0.2) is 21.4 Å². The first-order valence-corrected chi connectivity index (χ1v) is 7.11. The van der Waals surface area contributed by atoms with Crippen molar-refractivity contribution in [3.8, 4) is 0 Å². The molecule has 100 valence electrons. The van der Waals surface area contributed by atoms with Crippen LogP contribution in [0.2, 0.25) is 0 Å². The lowest BCUT2D eigenvalue weighted by molar-refractivity contribution is -0.113. The van der Waals surface area contributed by atoms with E-state index in [1.54, 1.807) is 0 Å². The highest BCUT2D eigenvalue weighted by atomic mass is 32.2. The van der Waals surface area contributed by atoms with E-state index in [0.29, 0.717) is 10.3 Å². The number of carbonyl (C=O) groups is 1. The zero-order valence-corrected chi connectivity index (χ0v) is 11.6. The Bertz CT molecular complexity index is 651. The standard InChI is InChI=1S/C10H11N5O2S2/c1-5-3-18-9(12-5)15-8(17)4-19-10-13-6(11)2-7(16)14-10/h2-3H,4H2,1H3,(H,12,15,17)(H3,11,13,14,16). The third-order valence-corrected chi connectivity index (χ3v) is 3.69. The molecule has 0 aliphatic heterocycles. The summed E-state index contributed by atoms with van der Waals surface area (Å²) in [6, 6.07) is 1.18. The first kappa shape index (κ1) is 13.6. The van der Waals surface area contributed by atoms with E-state index in [1.165, 1.54) is 17.4 Å². The molecule has 0 aromatic carbocycles. The van der Waals surface area contributed by atoms with Crippen molar-refractivity contribution in [2.24, 2.45) is 0 Å². The van der Waals surface area contributed by atoms with Crippen LogP contribution < -0.4 is 16.6 Å². The zero-order valence-electron chi connectivity index (χ0n) is 9.97. The molecule has 2 heterocycles. The van der Waals surface area contributed by atoms with E-state index in [4.69, 9.17) is 5.73 Å². The van der Waals surface area contributed by atoms with Crippen LogP contribution in [0, 0.1) is 6.92 Å². The summed E-state index contributed by atoms with van der Waals surface area (Å²) in [5.41, 5.74) is 5.95. The number of anilines is 2. The van der Waals surface area contributed by atoms with Crippen molar-refractivity contribution in [3.63, 3.8) is 0 Å². The fraction of sp³-hybridized carbons (Fsp3) is 0.200. The summed E-state index contributed by atoms with van der Waals surface area (Å²) in [6.45, 7) is 1.85. The van der Waals surface area contributed by atoms with Crippen molar-refractivity contribution in [2.75, 3.05) is 16.8 Å². The summed E-state index contributed by atoms with van der Waals surface area (Å²) in [5, 5.41) is 5.37. The van der Waals surface area contributed by atoms with Crippen molar-refractivity contribution in [1.82, 2.24) is 15.0 Å². The Hall–Kier alpha value is -1.87. The molecule has 0 radical (unpaired) electrons. The summed E-state index contributed by atoms with van der Waals surface area (Å²) in [4.78, 5) is 33.3. The van der Waals surface area contributed by atoms with Gasteiger partial charge in [-0.1, -0.05) is 11.8 Å². The minimum absolute atomic E-state index is 0.116. The molecule has 0 bridgehead atoms. The molecule has 0 unspecified atom stereocenters. The minimum Gasteiger partial charge on any atom is -0.383 e. The predicted octanol–water partition coefficient (Wildman–Crippen LogP) is 0.848. The molecular weight excluding hydrogens is 286 g/mol. The van der Waals surface area contributed by atoms with E-state index < -0.39 is 0 Å². The first-order chi connectivity index (χ1) is 9.02. The van der Waals surface area contributed by atoms with Crippen LogP contribution in [0.1, 0.15) is 5.69 Å². The van der Waals surface area contributed by atoms with Gasteiger partial charge in [0.1, 0.15) is 5.82 Å². The fourth-order valence-corrected chi connectivity index (χ4v) is 2.61. The summed E-state index contributed by atoms with van der Waals surface area (Å²) >= 11 is 2.46. The van der Waals surface area contributed by atoms with Gasteiger partial charge in [0.05, 0.1) is 11.4 Å².